The number of benzene rings is 2. The van der Waals surface area contributed by atoms with E-state index in [0.29, 0.717) is 29.4 Å². The topological polar surface area (TPSA) is 90.2 Å². The van der Waals surface area contributed by atoms with Crippen molar-refractivity contribution >= 4 is 11.7 Å². The molecule has 0 radical (unpaired) electrons. The summed E-state index contributed by atoms with van der Waals surface area (Å²) in [6.07, 6.45) is 2.05. The number of ketones is 1. The molecule has 0 bridgehead atoms. The van der Waals surface area contributed by atoms with Gasteiger partial charge in [0.05, 0.1) is 30.1 Å². The zero-order valence-electron chi connectivity index (χ0n) is 19.0. The number of nitrogens with zero attached hydrogens (tertiary/aromatic N) is 5. The third kappa shape index (κ3) is 4.58. The summed E-state index contributed by atoms with van der Waals surface area (Å²) in [6.45, 7) is 0.784. The number of ether oxygens (including phenoxy) is 1. The van der Waals surface area contributed by atoms with Gasteiger partial charge in [-0.2, -0.15) is 0 Å². The first-order valence-corrected chi connectivity index (χ1v) is 11.1. The fourth-order valence-electron chi connectivity index (χ4n) is 4.07. The van der Waals surface area contributed by atoms with Crippen LogP contribution < -0.4 is 10.5 Å². The summed E-state index contributed by atoms with van der Waals surface area (Å²) in [4.78, 5) is 40.3. The lowest BCUT2D eigenvalue weighted by Crippen LogP contribution is -2.48. The smallest absolute Gasteiger partial charge is 0.255 e. The number of halogens is 1. The Balaban J connectivity index is 1.40. The number of morpholine rings is 1. The number of hydrogen-bond acceptors (Lipinski definition) is 7. The lowest BCUT2D eigenvalue weighted by molar-refractivity contribution is 0.0333. The van der Waals surface area contributed by atoms with Crippen LogP contribution in [0.4, 0.5) is 10.3 Å². The van der Waals surface area contributed by atoms with E-state index in [1.165, 1.54) is 29.1 Å². The van der Waals surface area contributed by atoms with Gasteiger partial charge in [0.25, 0.3) is 5.56 Å². The van der Waals surface area contributed by atoms with Crippen LogP contribution in [0.3, 0.4) is 0 Å². The highest BCUT2D eigenvalue weighted by Crippen LogP contribution is 2.24. The van der Waals surface area contributed by atoms with Gasteiger partial charge >= 0.3 is 0 Å². The number of carbonyl (C=O) groups is 1. The molecule has 1 saturated heterocycles. The van der Waals surface area contributed by atoms with Crippen molar-refractivity contribution in [3.05, 3.63) is 94.9 Å². The SMILES string of the molecule is Cn1c(N2CCOC(C(=O)c3ccc(-c4ccccc4)cc3F)C2)nc(-c2ccncn2)cc1=O. The van der Waals surface area contributed by atoms with Gasteiger partial charge in [0.2, 0.25) is 5.95 Å². The summed E-state index contributed by atoms with van der Waals surface area (Å²) >= 11 is 0. The van der Waals surface area contributed by atoms with E-state index in [9.17, 15) is 14.0 Å². The molecule has 8 nitrogen and oxygen atoms in total. The fraction of sp³-hybridized carbons (Fsp3) is 0.192. The lowest BCUT2D eigenvalue weighted by Gasteiger charge is -2.33. The molecule has 1 fully saturated rings. The van der Waals surface area contributed by atoms with Crippen molar-refractivity contribution in [2.24, 2.45) is 7.05 Å². The minimum Gasteiger partial charge on any atom is -0.366 e. The molecule has 5 rings (SSSR count). The molecule has 176 valence electrons. The summed E-state index contributed by atoms with van der Waals surface area (Å²) in [7, 11) is 1.61. The highest BCUT2D eigenvalue weighted by Gasteiger charge is 2.31. The van der Waals surface area contributed by atoms with Crippen LogP contribution in [-0.2, 0) is 11.8 Å². The summed E-state index contributed by atoms with van der Waals surface area (Å²) in [5, 5.41) is 0. The number of carbonyl (C=O) groups excluding carboxylic acids is 1. The molecule has 1 atom stereocenters. The molecule has 1 aliphatic heterocycles. The molecule has 0 saturated carbocycles. The van der Waals surface area contributed by atoms with Crippen molar-refractivity contribution < 1.29 is 13.9 Å². The van der Waals surface area contributed by atoms with Crippen molar-refractivity contribution in [1.29, 1.82) is 0 Å². The maximum absolute atomic E-state index is 15.0. The molecule has 0 spiro atoms. The van der Waals surface area contributed by atoms with Gasteiger partial charge < -0.3 is 9.64 Å². The molecule has 4 aromatic rings. The average molecular weight is 471 g/mol. The molecule has 2 aromatic heterocycles. The molecular weight excluding hydrogens is 449 g/mol. The lowest BCUT2D eigenvalue weighted by atomic mass is 9.99. The predicted octanol–water partition coefficient (Wildman–Crippen LogP) is 3.13. The van der Waals surface area contributed by atoms with Crippen molar-refractivity contribution in [3.8, 4) is 22.5 Å². The number of rotatable bonds is 5. The van der Waals surface area contributed by atoms with E-state index in [1.54, 1.807) is 30.3 Å². The zero-order valence-corrected chi connectivity index (χ0v) is 19.0. The second-order valence-electron chi connectivity index (χ2n) is 8.16. The van der Waals surface area contributed by atoms with Gasteiger partial charge in [-0.1, -0.05) is 36.4 Å². The molecule has 0 aliphatic carbocycles. The number of aromatic nitrogens is 4. The minimum atomic E-state index is -0.902. The molecule has 0 amide bonds. The van der Waals surface area contributed by atoms with E-state index in [0.717, 1.165) is 5.56 Å². The van der Waals surface area contributed by atoms with Crippen molar-refractivity contribution in [3.63, 3.8) is 0 Å². The van der Waals surface area contributed by atoms with Gasteiger partial charge in [0.1, 0.15) is 18.2 Å². The van der Waals surface area contributed by atoms with Gasteiger partial charge in [-0.15, -0.1) is 0 Å². The maximum atomic E-state index is 15.0. The third-order valence-electron chi connectivity index (χ3n) is 5.94. The third-order valence-corrected chi connectivity index (χ3v) is 5.94. The van der Waals surface area contributed by atoms with Crippen LogP contribution in [0.2, 0.25) is 0 Å². The number of hydrogen-bond donors (Lipinski definition) is 0. The second-order valence-corrected chi connectivity index (χ2v) is 8.16. The average Bonchev–Trinajstić information content (AvgIpc) is 2.91. The van der Waals surface area contributed by atoms with Gasteiger partial charge in [0.15, 0.2) is 5.78 Å². The molecule has 35 heavy (non-hydrogen) atoms. The molecule has 1 unspecified atom stereocenters. The number of anilines is 1. The Morgan fingerprint density at radius 2 is 1.89 bits per heavy atom. The van der Waals surface area contributed by atoms with E-state index >= 15 is 0 Å². The van der Waals surface area contributed by atoms with Crippen LogP contribution >= 0.6 is 0 Å². The summed E-state index contributed by atoms with van der Waals surface area (Å²) in [5.74, 6) is -0.677. The molecule has 9 heteroatoms. The summed E-state index contributed by atoms with van der Waals surface area (Å²) < 4.78 is 22.1. The van der Waals surface area contributed by atoms with Crippen LogP contribution in [0.15, 0.2) is 78.0 Å². The van der Waals surface area contributed by atoms with Gasteiger partial charge in [-0.3, -0.25) is 14.2 Å². The van der Waals surface area contributed by atoms with Crippen LogP contribution in [0.1, 0.15) is 10.4 Å². The van der Waals surface area contributed by atoms with Crippen LogP contribution in [0.5, 0.6) is 0 Å². The Kier molecular flexibility index (Phi) is 6.15. The van der Waals surface area contributed by atoms with Gasteiger partial charge in [-0.05, 0) is 29.3 Å². The monoisotopic (exact) mass is 471 g/mol. The van der Waals surface area contributed by atoms with E-state index in [-0.39, 0.29) is 24.3 Å². The largest absolute Gasteiger partial charge is 0.366 e. The van der Waals surface area contributed by atoms with E-state index in [4.69, 9.17) is 4.74 Å². The Morgan fingerprint density at radius 3 is 2.63 bits per heavy atom. The van der Waals surface area contributed by atoms with Gasteiger partial charge in [-0.25, -0.2) is 19.3 Å². The quantitative estimate of drug-likeness (QED) is 0.413. The van der Waals surface area contributed by atoms with Crippen molar-refractivity contribution in [1.82, 2.24) is 19.5 Å². The predicted molar refractivity (Wildman–Crippen MR) is 129 cm³/mol. The molecule has 0 N–H and O–H groups in total. The summed E-state index contributed by atoms with van der Waals surface area (Å²) in [6, 6.07) is 17.0. The zero-order chi connectivity index (χ0) is 24.4. The molecule has 3 heterocycles. The van der Waals surface area contributed by atoms with E-state index < -0.39 is 17.7 Å². The summed E-state index contributed by atoms with van der Waals surface area (Å²) in [5.41, 5.74) is 2.17. The Labute approximate surface area is 200 Å². The minimum absolute atomic E-state index is 0.0342. The fourth-order valence-corrected chi connectivity index (χ4v) is 4.07. The highest BCUT2D eigenvalue weighted by molar-refractivity contribution is 6.00. The molecule has 1 aliphatic rings. The Bertz CT molecular complexity index is 1430. The Morgan fingerprint density at radius 1 is 1.06 bits per heavy atom. The van der Waals surface area contributed by atoms with E-state index in [2.05, 4.69) is 15.0 Å². The first-order valence-electron chi connectivity index (χ1n) is 11.1. The Hall–Kier alpha value is -4.24. The first-order chi connectivity index (χ1) is 17.0. The number of Topliss-reactive ketones (excluding diaryl/α,β-unsaturated/α-hetero) is 1. The highest BCUT2D eigenvalue weighted by atomic mass is 19.1. The van der Waals surface area contributed by atoms with Crippen molar-refractivity contribution in [2.45, 2.75) is 6.10 Å². The van der Waals surface area contributed by atoms with E-state index in [1.807, 2.05) is 30.3 Å². The molecular formula is C26H22FN5O3. The van der Waals surface area contributed by atoms with Crippen LogP contribution in [-0.4, -0.2) is 51.1 Å². The molecule has 2 aromatic carbocycles. The normalized spacial score (nSPS) is 15.7. The van der Waals surface area contributed by atoms with Crippen LogP contribution in [0, 0.1) is 5.82 Å². The first kappa shape index (κ1) is 22.5. The van der Waals surface area contributed by atoms with Gasteiger partial charge in [0, 0.05) is 25.9 Å². The van der Waals surface area contributed by atoms with Crippen LogP contribution in [0.25, 0.3) is 22.5 Å². The standard InChI is InChI=1S/C26H22FN5O3/c1-31-24(33)14-22(21-9-10-28-16-29-21)30-26(31)32-11-12-35-23(15-32)25(34)19-8-7-18(13-20(19)27)17-5-3-2-4-6-17/h2-10,13-14,16,23H,11-12,15H2,1H3. The maximum Gasteiger partial charge on any atom is 0.255 e. The second kappa shape index (κ2) is 9.55. The van der Waals surface area contributed by atoms with Crippen molar-refractivity contribution in [2.75, 3.05) is 24.6 Å².